The molecule has 0 radical (unpaired) electrons. The molecule has 0 amide bonds. The van der Waals surface area contributed by atoms with E-state index in [-0.39, 0.29) is 6.10 Å². The summed E-state index contributed by atoms with van der Waals surface area (Å²) in [5, 5.41) is 9.67. The van der Waals surface area contributed by atoms with Crippen LogP contribution in [-0.4, -0.2) is 48.8 Å². The van der Waals surface area contributed by atoms with Gasteiger partial charge in [0.15, 0.2) is 0 Å². The Labute approximate surface area is 168 Å². The first-order valence-corrected chi connectivity index (χ1v) is 11.4. The molecular formula is C23H45ClNO+. The Balaban J connectivity index is 3.39. The van der Waals surface area contributed by atoms with Crippen molar-refractivity contribution in [1.82, 2.24) is 0 Å². The Morgan fingerprint density at radius 2 is 1.35 bits per heavy atom. The van der Waals surface area contributed by atoms with Crippen molar-refractivity contribution in [2.75, 3.05) is 33.1 Å². The molecule has 154 valence electrons. The molecule has 26 heavy (non-hydrogen) atoms. The first-order valence-electron chi connectivity index (χ1n) is 10.9. The summed E-state index contributed by atoms with van der Waals surface area (Å²) in [5.41, 5.74) is 0. The molecule has 1 N–H and O–H groups in total. The molecule has 0 spiro atoms. The molecule has 0 aromatic heterocycles. The van der Waals surface area contributed by atoms with Gasteiger partial charge in [0.1, 0.15) is 12.6 Å². The maximum Gasteiger partial charge on any atom is 0.116 e. The van der Waals surface area contributed by atoms with Crippen LogP contribution >= 0.6 is 11.6 Å². The van der Waals surface area contributed by atoms with Crippen molar-refractivity contribution >= 4 is 11.6 Å². The molecular weight excluding hydrogens is 342 g/mol. The molecule has 3 heteroatoms. The lowest BCUT2D eigenvalue weighted by Gasteiger charge is -2.31. The minimum Gasteiger partial charge on any atom is -0.386 e. The van der Waals surface area contributed by atoms with Crippen LogP contribution in [0.15, 0.2) is 24.3 Å². The summed E-state index contributed by atoms with van der Waals surface area (Å²) in [6, 6.07) is 0. The summed E-state index contributed by atoms with van der Waals surface area (Å²) >= 11 is 5.69. The van der Waals surface area contributed by atoms with Crippen molar-refractivity contribution in [3.8, 4) is 0 Å². The van der Waals surface area contributed by atoms with Gasteiger partial charge in [-0.2, -0.15) is 0 Å². The Hall–Kier alpha value is -0.310. The Bertz CT molecular complexity index is 352. The lowest BCUT2D eigenvalue weighted by molar-refractivity contribution is -0.893. The van der Waals surface area contributed by atoms with Crippen LogP contribution < -0.4 is 0 Å². The zero-order valence-corrected chi connectivity index (χ0v) is 18.5. The second-order valence-corrected chi connectivity index (χ2v) is 8.54. The fourth-order valence-electron chi connectivity index (χ4n) is 3.24. The van der Waals surface area contributed by atoms with Gasteiger partial charge in [0.05, 0.1) is 26.5 Å². The summed E-state index contributed by atoms with van der Waals surface area (Å²) in [6.07, 6.45) is 24.4. The van der Waals surface area contributed by atoms with Gasteiger partial charge < -0.3 is 9.59 Å². The number of quaternary nitrogens is 1. The van der Waals surface area contributed by atoms with Crippen LogP contribution in [0.3, 0.4) is 0 Å². The molecule has 0 aromatic rings. The summed E-state index contributed by atoms with van der Waals surface area (Å²) in [4.78, 5) is 0. The monoisotopic (exact) mass is 386 g/mol. The maximum atomic E-state index is 9.67. The van der Waals surface area contributed by atoms with Gasteiger partial charge in [-0.3, -0.25) is 0 Å². The molecule has 1 atom stereocenters. The van der Waals surface area contributed by atoms with Gasteiger partial charge >= 0.3 is 0 Å². The SMILES string of the molecule is CCCCC/C=C\C/C=C\CCCCCCCC[N+](C)(C)CC(O)CCl. The highest BCUT2D eigenvalue weighted by atomic mass is 35.5. The zero-order valence-electron chi connectivity index (χ0n) is 17.8. The van der Waals surface area contributed by atoms with E-state index in [0.717, 1.165) is 24.0 Å². The third-order valence-corrected chi connectivity index (χ3v) is 5.20. The number of rotatable bonds is 18. The van der Waals surface area contributed by atoms with Crippen LogP contribution in [0.2, 0.25) is 0 Å². The predicted octanol–water partition coefficient (Wildman–Crippen LogP) is 6.48. The van der Waals surface area contributed by atoms with E-state index in [2.05, 4.69) is 45.3 Å². The summed E-state index contributed by atoms with van der Waals surface area (Å²) in [7, 11) is 4.37. The van der Waals surface area contributed by atoms with E-state index >= 15 is 0 Å². The number of unbranched alkanes of at least 4 members (excludes halogenated alkanes) is 9. The van der Waals surface area contributed by atoms with Gasteiger partial charge in [-0.15, -0.1) is 11.6 Å². The van der Waals surface area contributed by atoms with Crippen LogP contribution in [0.25, 0.3) is 0 Å². The number of aliphatic hydroxyl groups excluding tert-OH is 1. The Kier molecular flexibility index (Phi) is 17.9. The van der Waals surface area contributed by atoms with Crippen LogP contribution in [-0.2, 0) is 0 Å². The molecule has 0 bridgehead atoms. The first kappa shape index (κ1) is 25.7. The number of halogens is 1. The van der Waals surface area contributed by atoms with E-state index in [1.807, 2.05) is 0 Å². The van der Waals surface area contributed by atoms with Crippen molar-refractivity contribution in [2.45, 2.75) is 90.1 Å². The highest BCUT2D eigenvalue weighted by Gasteiger charge is 2.19. The molecule has 2 nitrogen and oxygen atoms in total. The number of allylic oxidation sites excluding steroid dienone is 4. The van der Waals surface area contributed by atoms with Gasteiger partial charge in [-0.1, -0.05) is 63.3 Å². The fourth-order valence-corrected chi connectivity index (χ4v) is 3.34. The number of nitrogens with zero attached hydrogens (tertiary/aromatic N) is 1. The average molecular weight is 387 g/mol. The van der Waals surface area contributed by atoms with Crippen LogP contribution in [0.1, 0.15) is 84.0 Å². The van der Waals surface area contributed by atoms with Gasteiger partial charge in [0, 0.05) is 0 Å². The molecule has 0 saturated heterocycles. The molecule has 1 unspecified atom stereocenters. The fraction of sp³-hybridized carbons (Fsp3) is 0.826. The topological polar surface area (TPSA) is 20.2 Å². The first-order chi connectivity index (χ1) is 12.5. The Morgan fingerprint density at radius 1 is 0.808 bits per heavy atom. The summed E-state index contributed by atoms with van der Waals surface area (Å²) in [6.45, 7) is 4.13. The number of aliphatic hydroxyl groups is 1. The zero-order chi connectivity index (χ0) is 19.5. The normalized spacial score (nSPS) is 13.9. The maximum absolute atomic E-state index is 9.67. The molecule has 0 aliphatic heterocycles. The number of hydrogen-bond acceptors (Lipinski definition) is 1. The van der Waals surface area contributed by atoms with Crippen LogP contribution in [0.4, 0.5) is 0 Å². The largest absolute Gasteiger partial charge is 0.386 e. The average Bonchev–Trinajstić information content (AvgIpc) is 2.60. The quantitative estimate of drug-likeness (QED) is 0.124. The lowest BCUT2D eigenvalue weighted by Crippen LogP contribution is -2.46. The second kappa shape index (κ2) is 18.1. The van der Waals surface area contributed by atoms with Gasteiger partial charge in [0.25, 0.3) is 0 Å². The number of alkyl halides is 1. The van der Waals surface area contributed by atoms with Gasteiger partial charge in [-0.25, -0.2) is 0 Å². The lowest BCUT2D eigenvalue weighted by atomic mass is 10.1. The van der Waals surface area contributed by atoms with E-state index in [0.29, 0.717) is 5.88 Å². The van der Waals surface area contributed by atoms with Crippen molar-refractivity contribution in [3.05, 3.63) is 24.3 Å². The van der Waals surface area contributed by atoms with E-state index in [4.69, 9.17) is 11.6 Å². The molecule has 0 fully saturated rings. The summed E-state index contributed by atoms with van der Waals surface area (Å²) < 4.78 is 0.867. The van der Waals surface area contributed by atoms with Crippen molar-refractivity contribution in [1.29, 1.82) is 0 Å². The Morgan fingerprint density at radius 3 is 1.92 bits per heavy atom. The minimum atomic E-state index is -0.378. The van der Waals surface area contributed by atoms with Crippen LogP contribution in [0.5, 0.6) is 0 Å². The third kappa shape index (κ3) is 18.5. The molecule has 0 aliphatic rings. The summed E-state index contributed by atoms with van der Waals surface area (Å²) in [5.74, 6) is 0.339. The minimum absolute atomic E-state index is 0.339. The molecule has 0 heterocycles. The highest BCUT2D eigenvalue weighted by molar-refractivity contribution is 6.18. The van der Waals surface area contributed by atoms with Crippen molar-refractivity contribution in [3.63, 3.8) is 0 Å². The molecule has 0 aliphatic carbocycles. The molecule has 0 aromatic carbocycles. The van der Waals surface area contributed by atoms with E-state index in [1.54, 1.807) is 0 Å². The van der Waals surface area contributed by atoms with E-state index < -0.39 is 0 Å². The third-order valence-electron chi connectivity index (χ3n) is 4.85. The predicted molar refractivity (Wildman–Crippen MR) is 118 cm³/mol. The van der Waals surface area contributed by atoms with E-state index in [9.17, 15) is 5.11 Å². The number of likely N-dealkylation sites (N-methyl/N-ethyl adjacent to an activating group) is 1. The van der Waals surface area contributed by atoms with Gasteiger partial charge in [0.2, 0.25) is 0 Å². The molecule has 0 rings (SSSR count). The highest BCUT2D eigenvalue weighted by Crippen LogP contribution is 2.11. The van der Waals surface area contributed by atoms with E-state index in [1.165, 1.54) is 70.6 Å². The smallest absolute Gasteiger partial charge is 0.116 e. The van der Waals surface area contributed by atoms with Crippen molar-refractivity contribution < 1.29 is 9.59 Å². The molecule has 0 saturated carbocycles. The number of hydrogen-bond donors (Lipinski definition) is 1. The standard InChI is InChI=1S/C23H45ClNO/c1-4-5-6-7-8-9-10-11-12-13-14-15-16-17-18-19-20-25(2,3)22-23(26)21-24/h8-9,11-12,23,26H,4-7,10,13-22H2,1-3H3/q+1/b9-8-,12-11-. The van der Waals surface area contributed by atoms with Crippen molar-refractivity contribution in [2.24, 2.45) is 0 Å². The second-order valence-electron chi connectivity index (χ2n) is 8.23. The van der Waals surface area contributed by atoms with Crippen LogP contribution in [0, 0.1) is 0 Å². The van der Waals surface area contributed by atoms with Gasteiger partial charge in [-0.05, 0) is 44.9 Å².